The van der Waals surface area contributed by atoms with Gasteiger partial charge in [-0.2, -0.15) is 0 Å². The number of morpholine rings is 1. The molecule has 1 saturated heterocycles. The largest absolute Gasteiger partial charge is 0.379 e. The number of nitrogens with one attached hydrogen (secondary N) is 1. The second-order valence-corrected chi connectivity index (χ2v) is 10.5. The van der Waals surface area contributed by atoms with Crippen molar-refractivity contribution in [3.63, 3.8) is 0 Å². The molecule has 2 aliphatic carbocycles. The fourth-order valence-electron chi connectivity index (χ4n) is 4.83. The van der Waals surface area contributed by atoms with Crippen LogP contribution >= 0.6 is 11.3 Å². The van der Waals surface area contributed by atoms with E-state index in [-0.39, 0.29) is 6.03 Å². The molecule has 0 unspecified atom stereocenters. The minimum Gasteiger partial charge on any atom is -0.379 e. The number of hydrogen-bond acceptors (Lipinski definition) is 5. The van der Waals surface area contributed by atoms with E-state index in [4.69, 9.17) is 9.72 Å². The summed E-state index contributed by atoms with van der Waals surface area (Å²) in [6.45, 7) is 6.15. The van der Waals surface area contributed by atoms with Gasteiger partial charge in [-0.15, -0.1) is 11.3 Å². The number of urea groups is 1. The molecule has 6 rings (SSSR count). The van der Waals surface area contributed by atoms with Gasteiger partial charge in [0.2, 0.25) is 0 Å². The Bertz CT molecular complexity index is 1110. The number of pyridine rings is 1. The third-order valence-electron chi connectivity index (χ3n) is 6.94. The molecule has 2 fully saturated rings. The number of hydrogen-bond donors (Lipinski definition) is 1. The van der Waals surface area contributed by atoms with Crippen molar-refractivity contribution in [2.45, 2.75) is 38.3 Å². The summed E-state index contributed by atoms with van der Waals surface area (Å²) < 4.78 is 5.47. The SMILES string of the molecule is O=C(NC1CC1)N1CC=C(C2=CCc3ncc(-c4ccc(CN5CCOCC5)s4)cc32)CC1. The van der Waals surface area contributed by atoms with E-state index >= 15 is 0 Å². The molecule has 0 aromatic carbocycles. The number of rotatable bonds is 5. The number of allylic oxidation sites excluding steroid dienone is 2. The predicted molar refractivity (Wildman–Crippen MR) is 131 cm³/mol. The number of thiophene rings is 1. The van der Waals surface area contributed by atoms with Gasteiger partial charge in [0.05, 0.1) is 18.9 Å². The van der Waals surface area contributed by atoms with E-state index in [1.54, 1.807) is 0 Å². The van der Waals surface area contributed by atoms with Gasteiger partial charge < -0.3 is 15.0 Å². The number of fused-ring (bicyclic) bond motifs is 1. The van der Waals surface area contributed by atoms with Gasteiger partial charge in [0, 0.05) is 72.3 Å². The molecule has 2 aromatic heterocycles. The van der Waals surface area contributed by atoms with Crippen LogP contribution in [0.2, 0.25) is 0 Å². The van der Waals surface area contributed by atoms with Gasteiger partial charge in [-0.3, -0.25) is 9.88 Å². The summed E-state index contributed by atoms with van der Waals surface area (Å²) in [5, 5.41) is 3.10. The molecular weight excluding hydrogens is 432 g/mol. The molecule has 4 heterocycles. The Labute approximate surface area is 198 Å². The molecule has 2 aliphatic heterocycles. The highest BCUT2D eigenvalue weighted by Crippen LogP contribution is 2.38. The maximum absolute atomic E-state index is 12.4. The lowest BCUT2D eigenvalue weighted by molar-refractivity contribution is 0.0346. The van der Waals surface area contributed by atoms with Crippen LogP contribution in [0, 0.1) is 0 Å². The Kier molecular flexibility index (Phi) is 5.78. The van der Waals surface area contributed by atoms with E-state index in [0.717, 1.165) is 70.8 Å². The average molecular weight is 463 g/mol. The molecule has 1 N–H and O–H groups in total. The molecule has 2 aromatic rings. The first-order valence-corrected chi connectivity index (χ1v) is 12.9. The summed E-state index contributed by atoms with van der Waals surface area (Å²) in [6.07, 6.45) is 10.6. The number of carbonyl (C=O) groups is 1. The lowest BCUT2D eigenvalue weighted by Crippen LogP contribution is -2.43. The van der Waals surface area contributed by atoms with E-state index < -0.39 is 0 Å². The van der Waals surface area contributed by atoms with E-state index in [1.165, 1.54) is 32.0 Å². The smallest absolute Gasteiger partial charge is 0.317 e. The molecular formula is C26H30N4O2S. The first-order valence-electron chi connectivity index (χ1n) is 12.1. The summed E-state index contributed by atoms with van der Waals surface area (Å²) >= 11 is 1.87. The molecule has 0 spiro atoms. The third kappa shape index (κ3) is 4.63. The van der Waals surface area contributed by atoms with E-state index in [2.05, 4.69) is 40.6 Å². The maximum atomic E-state index is 12.4. The van der Waals surface area contributed by atoms with Crippen molar-refractivity contribution < 1.29 is 9.53 Å². The van der Waals surface area contributed by atoms with Gasteiger partial charge >= 0.3 is 6.03 Å². The van der Waals surface area contributed by atoms with Crippen LogP contribution < -0.4 is 5.32 Å². The van der Waals surface area contributed by atoms with Gasteiger partial charge in [0.15, 0.2) is 0 Å². The van der Waals surface area contributed by atoms with Gasteiger partial charge in [0.1, 0.15) is 0 Å². The van der Waals surface area contributed by atoms with Crippen molar-refractivity contribution in [2.75, 3.05) is 39.4 Å². The van der Waals surface area contributed by atoms with Gasteiger partial charge in [0.25, 0.3) is 0 Å². The Balaban J connectivity index is 1.16. The average Bonchev–Trinajstić information content (AvgIpc) is 3.37. The minimum absolute atomic E-state index is 0.0862. The topological polar surface area (TPSA) is 57.7 Å². The number of carbonyl (C=O) groups excluding carboxylic acids is 1. The number of ether oxygens (including phenoxy) is 1. The van der Waals surface area contributed by atoms with Crippen LogP contribution in [0.25, 0.3) is 16.0 Å². The highest BCUT2D eigenvalue weighted by molar-refractivity contribution is 7.15. The van der Waals surface area contributed by atoms with Crippen molar-refractivity contribution in [1.29, 1.82) is 0 Å². The highest BCUT2D eigenvalue weighted by atomic mass is 32.1. The Morgan fingerprint density at radius 2 is 2.06 bits per heavy atom. The third-order valence-corrected chi connectivity index (χ3v) is 8.06. The van der Waals surface area contributed by atoms with Crippen LogP contribution in [0.3, 0.4) is 0 Å². The Morgan fingerprint density at radius 3 is 2.85 bits per heavy atom. The van der Waals surface area contributed by atoms with Gasteiger partial charge in [-0.05, 0) is 48.6 Å². The second-order valence-electron chi connectivity index (χ2n) is 9.34. The van der Waals surface area contributed by atoms with Crippen LogP contribution in [-0.2, 0) is 17.7 Å². The van der Waals surface area contributed by atoms with Crippen molar-refractivity contribution >= 4 is 22.9 Å². The zero-order valence-electron chi connectivity index (χ0n) is 18.9. The molecule has 0 atom stereocenters. The van der Waals surface area contributed by atoms with Crippen molar-refractivity contribution in [3.8, 4) is 10.4 Å². The zero-order chi connectivity index (χ0) is 22.2. The van der Waals surface area contributed by atoms with E-state index in [9.17, 15) is 4.79 Å². The summed E-state index contributed by atoms with van der Waals surface area (Å²) in [7, 11) is 0. The summed E-state index contributed by atoms with van der Waals surface area (Å²) in [4.78, 5) is 24.2. The second kappa shape index (κ2) is 9.05. The maximum Gasteiger partial charge on any atom is 0.317 e. The summed E-state index contributed by atoms with van der Waals surface area (Å²) in [5.41, 5.74) is 6.28. The molecule has 33 heavy (non-hydrogen) atoms. The zero-order valence-corrected chi connectivity index (χ0v) is 19.7. The van der Waals surface area contributed by atoms with Crippen molar-refractivity contribution in [2.24, 2.45) is 0 Å². The fraction of sp³-hybridized carbons (Fsp3) is 0.462. The predicted octanol–water partition coefficient (Wildman–Crippen LogP) is 4.09. The Hall–Kier alpha value is -2.48. The molecule has 2 amide bonds. The minimum atomic E-state index is 0.0862. The van der Waals surface area contributed by atoms with Crippen molar-refractivity contribution in [1.82, 2.24) is 20.1 Å². The van der Waals surface area contributed by atoms with Crippen LogP contribution in [0.4, 0.5) is 4.79 Å². The van der Waals surface area contributed by atoms with Crippen LogP contribution in [0.5, 0.6) is 0 Å². The lowest BCUT2D eigenvalue weighted by atomic mass is 9.95. The van der Waals surface area contributed by atoms with E-state index in [1.807, 2.05) is 22.4 Å². The molecule has 1 saturated carbocycles. The van der Waals surface area contributed by atoms with Crippen LogP contribution in [0.15, 0.2) is 42.1 Å². The number of aromatic nitrogens is 1. The first-order chi connectivity index (χ1) is 16.2. The quantitative estimate of drug-likeness (QED) is 0.727. The van der Waals surface area contributed by atoms with Gasteiger partial charge in [-0.25, -0.2) is 4.79 Å². The Morgan fingerprint density at radius 1 is 1.18 bits per heavy atom. The fourth-order valence-corrected chi connectivity index (χ4v) is 5.86. The van der Waals surface area contributed by atoms with Crippen LogP contribution in [-0.4, -0.2) is 66.2 Å². The molecule has 6 nitrogen and oxygen atoms in total. The van der Waals surface area contributed by atoms with Gasteiger partial charge in [-0.1, -0.05) is 12.2 Å². The number of amides is 2. The molecule has 4 aliphatic rings. The molecule has 7 heteroatoms. The normalized spacial score (nSPS) is 20.9. The molecule has 0 radical (unpaired) electrons. The van der Waals surface area contributed by atoms with E-state index in [0.29, 0.717) is 12.6 Å². The summed E-state index contributed by atoms with van der Waals surface area (Å²) in [5.74, 6) is 0. The summed E-state index contributed by atoms with van der Waals surface area (Å²) in [6, 6.07) is 7.30. The van der Waals surface area contributed by atoms with Crippen molar-refractivity contribution in [3.05, 3.63) is 58.3 Å². The standard InChI is InChI=1S/C26H30N4O2S/c31-26(28-20-1-2-20)30-9-7-18(8-10-30)22-4-5-24-23(22)15-19(16-27-24)25-6-3-21(33-25)17-29-11-13-32-14-12-29/h3-4,6-7,15-16,20H,1-2,5,8-14,17H2,(H,28,31). The lowest BCUT2D eigenvalue weighted by Gasteiger charge is -2.27. The van der Waals surface area contributed by atoms with Crippen LogP contribution in [0.1, 0.15) is 35.4 Å². The molecule has 172 valence electrons. The monoisotopic (exact) mass is 462 g/mol. The number of nitrogens with zero attached hydrogens (tertiary/aromatic N) is 3. The highest BCUT2D eigenvalue weighted by Gasteiger charge is 2.28. The first kappa shape index (κ1) is 21.1. The molecule has 0 bridgehead atoms.